The average molecular weight is 579 g/mol. The van der Waals surface area contributed by atoms with Crippen molar-refractivity contribution >= 4 is 35.5 Å². The van der Waals surface area contributed by atoms with Crippen LogP contribution in [0.25, 0.3) is 5.57 Å². The number of nitrogens with zero attached hydrogens (tertiary/aromatic N) is 3. The highest BCUT2D eigenvalue weighted by atomic mass is 32.2. The van der Waals surface area contributed by atoms with Gasteiger partial charge >= 0.3 is 18.4 Å². The Labute approximate surface area is 224 Å². The van der Waals surface area contributed by atoms with Gasteiger partial charge in [0.15, 0.2) is 5.75 Å². The number of ether oxygens (including phenoxy) is 1. The molecule has 0 radical (unpaired) electrons. The largest absolute Gasteiger partial charge is 0.420 e. The van der Waals surface area contributed by atoms with Crippen molar-refractivity contribution in [2.75, 3.05) is 31.3 Å². The van der Waals surface area contributed by atoms with Crippen LogP contribution in [0.1, 0.15) is 29.5 Å². The molecule has 0 aromatic heterocycles. The van der Waals surface area contributed by atoms with Gasteiger partial charge in [0.2, 0.25) is 0 Å². The maximum absolute atomic E-state index is 14.0. The van der Waals surface area contributed by atoms with Crippen molar-refractivity contribution in [3.8, 4) is 5.75 Å². The monoisotopic (exact) mass is 578 g/mol. The third-order valence-corrected chi connectivity index (χ3v) is 6.88. The summed E-state index contributed by atoms with van der Waals surface area (Å²) in [6, 6.07) is 4.44. The minimum Gasteiger partial charge on any atom is -0.409 e. The first-order chi connectivity index (χ1) is 18.2. The van der Waals surface area contributed by atoms with E-state index in [1.807, 2.05) is 6.26 Å². The molecule has 0 spiro atoms. The SMILES string of the molecule is CSN1CCC(N=C/C(=C\N)c2cc(C(F)(F)F)cc(C(F)(F)F)c2OC(=O)N(C)c2ccc(F)cc2)CC1. The van der Waals surface area contributed by atoms with Gasteiger partial charge in [0.1, 0.15) is 5.82 Å². The molecular formula is C25H25F7N4O2S. The number of rotatable bonds is 6. The van der Waals surface area contributed by atoms with Crippen LogP contribution < -0.4 is 15.4 Å². The van der Waals surface area contributed by atoms with E-state index in [1.54, 1.807) is 11.9 Å². The molecule has 1 saturated heterocycles. The Morgan fingerprint density at radius 3 is 2.23 bits per heavy atom. The molecule has 39 heavy (non-hydrogen) atoms. The summed E-state index contributed by atoms with van der Waals surface area (Å²) in [5.74, 6) is -1.80. The molecule has 2 aromatic rings. The number of hydrogen-bond acceptors (Lipinski definition) is 6. The molecule has 0 atom stereocenters. The number of halogens is 7. The lowest BCUT2D eigenvalue weighted by Gasteiger charge is -2.28. The molecule has 2 aromatic carbocycles. The number of allylic oxidation sites excluding steroid dienone is 1. The normalized spacial score (nSPS) is 16.1. The number of benzene rings is 2. The van der Waals surface area contributed by atoms with Crippen molar-refractivity contribution in [1.29, 1.82) is 0 Å². The van der Waals surface area contributed by atoms with Gasteiger partial charge in [0.25, 0.3) is 0 Å². The number of carbonyl (C=O) groups is 1. The van der Waals surface area contributed by atoms with Crippen molar-refractivity contribution < 1.29 is 40.3 Å². The Kier molecular flexibility index (Phi) is 9.54. The minimum atomic E-state index is -5.33. The summed E-state index contributed by atoms with van der Waals surface area (Å²) in [6.45, 7) is 1.40. The van der Waals surface area contributed by atoms with E-state index in [-0.39, 0.29) is 23.4 Å². The van der Waals surface area contributed by atoms with E-state index >= 15 is 0 Å². The van der Waals surface area contributed by atoms with E-state index in [0.717, 1.165) is 36.5 Å². The van der Waals surface area contributed by atoms with Crippen molar-refractivity contribution in [2.24, 2.45) is 10.7 Å². The van der Waals surface area contributed by atoms with Gasteiger partial charge in [-0.3, -0.25) is 14.2 Å². The van der Waals surface area contributed by atoms with E-state index in [1.165, 1.54) is 12.1 Å². The quantitative estimate of drug-likeness (QED) is 0.237. The molecule has 14 heteroatoms. The Bertz CT molecular complexity index is 1220. The summed E-state index contributed by atoms with van der Waals surface area (Å²) >= 11 is 1.56. The molecule has 1 amide bonds. The predicted molar refractivity (Wildman–Crippen MR) is 136 cm³/mol. The van der Waals surface area contributed by atoms with Crippen LogP contribution >= 0.6 is 11.9 Å². The van der Waals surface area contributed by atoms with Crippen molar-refractivity contribution in [3.63, 3.8) is 0 Å². The fourth-order valence-corrected chi connectivity index (χ4v) is 4.39. The lowest BCUT2D eigenvalue weighted by atomic mass is 9.98. The highest BCUT2D eigenvalue weighted by Gasteiger charge is 2.41. The second-order valence-electron chi connectivity index (χ2n) is 8.54. The maximum atomic E-state index is 14.0. The zero-order chi connectivity index (χ0) is 29.0. The topological polar surface area (TPSA) is 71.2 Å². The second kappa shape index (κ2) is 12.3. The fraction of sp³-hybridized carbons (Fsp3) is 0.360. The summed E-state index contributed by atoms with van der Waals surface area (Å²) in [7, 11) is 1.15. The van der Waals surface area contributed by atoms with Crippen LogP contribution in [0, 0.1) is 5.82 Å². The number of carbonyl (C=O) groups excluding carboxylic acids is 1. The molecule has 6 nitrogen and oxygen atoms in total. The molecule has 0 bridgehead atoms. The van der Waals surface area contributed by atoms with Crippen LogP contribution in [-0.2, 0) is 12.4 Å². The molecule has 212 valence electrons. The lowest BCUT2D eigenvalue weighted by Crippen LogP contribution is -2.31. The van der Waals surface area contributed by atoms with Crippen LogP contribution in [0.15, 0.2) is 47.6 Å². The standard InChI is InChI=1S/C25H25F7N4O2S/c1-35(19-5-3-17(26)4-6-19)23(37)38-22-20(11-16(24(27,28)29)12-21(22)25(30,31)32)15(13-33)14-34-18-7-9-36(39-2)10-8-18/h3-6,11-14,18H,7-10,33H2,1-2H3/b15-13+,34-14?. The van der Waals surface area contributed by atoms with Crippen LogP contribution in [0.3, 0.4) is 0 Å². The summed E-state index contributed by atoms with van der Waals surface area (Å²) < 4.78 is 103. The third kappa shape index (κ3) is 7.66. The van der Waals surface area contributed by atoms with Gasteiger partial charge < -0.3 is 10.5 Å². The zero-order valence-corrected chi connectivity index (χ0v) is 21.6. The van der Waals surface area contributed by atoms with Gasteiger partial charge in [-0.05, 0) is 55.5 Å². The summed E-state index contributed by atoms with van der Waals surface area (Å²) in [5, 5.41) is 0. The number of aliphatic imine (C=N–C) groups is 1. The summed E-state index contributed by atoms with van der Waals surface area (Å²) in [4.78, 5) is 17.9. The molecule has 1 aliphatic heterocycles. The average Bonchev–Trinajstić information content (AvgIpc) is 2.88. The number of piperidine rings is 1. The number of anilines is 1. The second-order valence-corrected chi connectivity index (χ2v) is 9.42. The van der Waals surface area contributed by atoms with Crippen molar-refractivity contribution in [2.45, 2.75) is 31.2 Å². The number of nitrogens with two attached hydrogens (primary N) is 1. The molecule has 3 rings (SSSR count). The first kappa shape index (κ1) is 30.3. The van der Waals surface area contributed by atoms with E-state index in [2.05, 4.69) is 9.30 Å². The Balaban J connectivity index is 2.07. The van der Waals surface area contributed by atoms with Gasteiger partial charge in [0.05, 0.1) is 17.2 Å². The third-order valence-electron chi connectivity index (χ3n) is 6.00. The Morgan fingerprint density at radius 2 is 1.72 bits per heavy atom. The van der Waals surface area contributed by atoms with Gasteiger partial charge in [-0.1, -0.05) is 11.9 Å². The van der Waals surface area contributed by atoms with Crippen molar-refractivity contribution in [3.05, 3.63) is 65.1 Å². The fourth-order valence-electron chi connectivity index (χ4n) is 3.82. The van der Waals surface area contributed by atoms with Crippen LogP contribution in [0.5, 0.6) is 5.75 Å². The van der Waals surface area contributed by atoms with Crippen LogP contribution in [0.2, 0.25) is 0 Å². The van der Waals surface area contributed by atoms with E-state index in [4.69, 9.17) is 10.5 Å². The van der Waals surface area contributed by atoms with Gasteiger partial charge in [-0.25, -0.2) is 9.18 Å². The van der Waals surface area contributed by atoms with Gasteiger partial charge in [0, 0.05) is 49.4 Å². The first-order valence-electron chi connectivity index (χ1n) is 11.5. The Morgan fingerprint density at radius 1 is 1.10 bits per heavy atom. The highest BCUT2D eigenvalue weighted by Crippen LogP contribution is 2.44. The molecule has 0 aliphatic carbocycles. The van der Waals surface area contributed by atoms with Gasteiger partial charge in [-0.15, -0.1) is 0 Å². The maximum Gasteiger partial charge on any atom is 0.420 e. The molecular weight excluding hydrogens is 553 g/mol. The van der Waals surface area contributed by atoms with Crippen LogP contribution in [0.4, 0.5) is 41.2 Å². The van der Waals surface area contributed by atoms with Gasteiger partial charge in [-0.2, -0.15) is 26.3 Å². The molecule has 1 heterocycles. The number of hydrogen-bond donors (Lipinski definition) is 1. The number of alkyl halides is 6. The van der Waals surface area contributed by atoms with Crippen molar-refractivity contribution in [1.82, 2.24) is 4.31 Å². The van der Waals surface area contributed by atoms with Crippen LogP contribution in [-0.4, -0.2) is 49.0 Å². The lowest BCUT2D eigenvalue weighted by molar-refractivity contribution is -0.143. The predicted octanol–water partition coefficient (Wildman–Crippen LogP) is 6.61. The molecule has 2 N–H and O–H groups in total. The first-order valence-corrected chi connectivity index (χ1v) is 12.7. The zero-order valence-electron chi connectivity index (χ0n) is 20.8. The minimum absolute atomic E-state index is 0.0659. The summed E-state index contributed by atoms with van der Waals surface area (Å²) in [6.07, 6.45) is -6.78. The van der Waals surface area contributed by atoms with E-state index in [0.29, 0.717) is 32.0 Å². The summed E-state index contributed by atoms with van der Waals surface area (Å²) in [5.41, 5.74) is 1.24. The number of amides is 1. The molecule has 0 saturated carbocycles. The Hall–Kier alpha value is -3.26. The van der Waals surface area contributed by atoms with E-state index in [9.17, 15) is 35.5 Å². The highest BCUT2D eigenvalue weighted by molar-refractivity contribution is 7.96. The molecule has 1 aliphatic rings. The molecule has 0 unspecified atom stereocenters. The smallest absolute Gasteiger partial charge is 0.409 e. The molecule has 1 fully saturated rings. The van der Waals surface area contributed by atoms with E-state index < -0.39 is 46.7 Å².